The summed E-state index contributed by atoms with van der Waals surface area (Å²) in [5.41, 5.74) is 2.13. The quantitative estimate of drug-likeness (QED) is 0.873. The molecule has 2 aromatic rings. The first-order valence-corrected chi connectivity index (χ1v) is 7.74. The van der Waals surface area contributed by atoms with E-state index in [1.807, 2.05) is 23.7 Å². The van der Waals surface area contributed by atoms with E-state index in [4.69, 9.17) is 4.42 Å². The Morgan fingerprint density at radius 3 is 2.60 bits per heavy atom. The molecule has 2 aromatic heterocycles. The van der Waals surface area contributed by atoms with Crippen LogP contribution in [-0.2, 0) is 13.1 Å². The van der Waals surface area contributed by atoms with Crippen molar-refractivity contribution >= 4 is 15.9 Å². The van der Waals surface area contributed by atoms with Crippen LogP contribution in [0.2, 0.25) is 0 Å². The minimum Gasteiger partial charge on any atom is -0.463 e. The third-order valence-corrected chi connectivity index (χ3v) is 4.32. The van der Waals surface area contributed by atoms with Crippen LogP contribution in [0.5, 0.6) is 0 Å². The molecular formula is C15H22BrN3O. The number of aromatic nitrogens is 2. The number of rotatable bonds is 6. The highest BCUT2D eigenvalue weighted by Crippen LogP contribution is 2.21. The lowest BCUT2D eigenvalue weighted by Crippen LogP contribution is -2.18. The molecule has 0 aromatic carbocycles. The molecule has 2 rings (SSSR count). The summed E-state index contributed by atoms with van der Waals surface area (Å²) >= 11 is 3.54. The lowest BCUT2D eigenvalue weighted by molar-refractivity contribution is 0.421. The van der Waals surface area contributed by atoms with Crippen molar-refractivity contribution in [3.8, 4) is 0 Å². The average molecular weight is 340 g/mol. The summed E-state index contributed by atoms with van der Waals surface area (Å²) in [5, 5.41) is 7.87. The minimum atomic E-state index is 0.650. The zero-order chi connectivity index (χ0) is 14.7. The number of halogens is 1. The van der Waals surface area contributed by atoms with Gasteiger partial charge < -0.3 is 9.73 Å². The van der Waals surface area contributed by atoms with E-state index in [0.29, 0.717) is 12.5 Å². The van der Waals surface area contributed by atoms with Crippen LogP contribution < -0.4 is 5.32 Å². The summed E-state index contributed by atoms with van der Waals surface area (Å²) < 4.78 is 8.87. The van der Waals surface area contributed by atoms with Gasteiger partial charge in [-0.3, -0.25) is 4.68 Å². The second-order valence-corrected chi connectivity index (χ2v) is 6.33. The highest BCUT2D eigenvalue weighted by molar-refractivity contribution is 9.10. The summed E-state index contributed by atoms with van der Waals surface area (Å²) in [7, 11) is 0. The number of hydrogen-bond donors (Lipinski definition) is 1. The highest BCUT2D eigenvalue weighted by atomic mass is 79.9. The van der Waals surface area contributed by atoms with Gasteiger partial charge in [-0.25, -0.2) is 0 Å². The summed E-state index contributed by atoms with van der Waals surface area (Å²) in [6.07, 6.45) is 0. The largest absolute Gasteiger partial charge is 0.463 e. The zero-order valence-electron chi connectivity index (χ0n) is 12.5. The highest BCUT2D eigenvalue weighted by Gasteiger charge is 2.10. The molecule has 0 atom stereocenters. The molecule has 0 spiro atoms. The maximum absolute atomic E-state index is 5.83. The van der Waals surface area contributed by atoms with Crippen molar-refractivity contribution < 1.29 is 4.42 Å². The molecule has 0 radical (unpaired) electrons. The average Bonchev–Trinajstić information content (AvgIpc) is 2.91. The maximum atomic E-state index is 5.83. The molecule has 0 bridgehead atoms. The van der Waals surface area contributed by atoms with Crippen LogP contribution in [0.3, 0.4) is 0 Å². The topological polar surface area (TPSA) is 43.0 Å². The SMILES string of the molecule is Cc1nn(Cc2ccc(CNCC(C)C)o2)c(C)c1Br. The van der Waals surface area contributed by atoms with E-state index in [1.54, 1.807) is 0 Å². The third kappa shape index (κ3) is 3.73. The lowest BCUT2D eigenvalue weighted by atomic mass is 10.2. The second-order valence-electron chi connectivity index (χ2n) is 5.54. The Morgan fingerprint density at radius 1 is 1.30 bits per heavy atom. The van der Waals surface area contributed by atoms with Crippen molar-refractivity contribution in [3.05, 3.63) is 39.5 Å². The Morgan fingerprint density at radius 2 is 2.00 bits per heavy atom. The first-order chi connectivity index (χ1) is 9.47. The molecule has 0 fully saturated rings. The molecule has 0 saturated heterocycles. The fraction of sp³-hybridized carbons (Fsp3) is 0.533. The molecular weight excluding hydrogens is 318 g/mol. The standard InChI is InChI=1S/C15H22BrN3O/c1-10(2)7-17-8-13-5-6-14(20-13)9-19-12(4)15(16)11(3)18-19/h5-6,10,17H,7-9H2,1-4H3. The molecule has 0 aliphatic rings. The van der Waals surface area contributed by atoms with Gasteiger partial charge in [0.15, 0.2) is 0 Å². The molecule has 5 heteroatoms. The molecule has 4 nitrogen and oxygen atoms in total. The molecule has 0 aliphatic heterocycles. The van der Waals surface area contributed by atoms with Crippen LogP contribution in [-0.4, -0.2) is 16.3 Å². The van der Waals surface area contributed by atoms with Crippen LogP contribution in [0, 0.1) is 19.8 Å². The van der Waals surface area contributed by atoms with Crippen molar-refractivity contribution in [3.63, 3.8) is 0 Å². The van der Waals surface area contributed by atoms with Gasteiger partial charge in [-0.2, -0.15) is 5.10 Å². The molecule has 0 amide bonds. The van der Waals surface area contributed by atoms with Crippen molar-refractivity contribution in [2.24, 2.45) is 5.92 Å². The van der Waals surface area contributed by atoms with Gasteiger partial charge in [0.2, 0.25) is 0 Å². The third-order valence-electron chi connectivity index (χ3n) is 3.17. The summed E-state index contributed by atoms with van der Waals surface area (Å²) in [4.78, 5) is 0. The number of nitrogens with one attached hydrogen (secondary N) is 1. The van der Waals surface area contributed by atoms with Crippen LogP contribution in [0.4, 0.5) is 0 Å². The summed E-state index contributed by atoms with van der Waals surface area (Å²) in [6, 6.07) is 4.06. The van der Waals surface area contributed by atoms with Gasteiger partial charge >= 0.3 is 0 Å². The smallest absolute Gasteiger partial charge is 0.125 e. The first-order valence-electron chi connectivity index (χ1n) is 6.95. The normalized spacial score (nSPS) is 11.5. The number of hydrogen-bond acceptors (Lipinski definition) is 3. The van der Waals surface area contributed by atoms with E-state index in [1.165, 1.54) is 0 Å². The predicted molar refractivity (Wildman–Crippen MR) is 83.8 cm³/mol. The van der Waals surface area contributed by atoms with Gasteiger partial charge in [-0.1, -0.05) is 13.8 Å². The van der Waals surface area contributed by atoms with Gasteiger partial charge in [0, 0.05) is 0 Å². The molecule has 0 unspecified atom stereocenters. The van der Waals surface area contributed by atoms with Crippen LogP contribution in [0.25, 0.3) is 0 Å². The van der Waals surface area contributed by atoms with Crippen molar-refractivity contribution in [1.82, 2.24) is 15.1 Å². The molecule has 0 saturated carbocycles. The van der Waals surface area contributed by atoms with Gasteiger partial charge in [-0.05, 0) is 54.4 Å². The van der Waals surface area contributed by atoms with E-state index >= 15 is 0 Å². The molecule has 20 heavy (non-hydrogen) atoms. The summed E-state index contributed by atoms with van der Waals surface area (Å²) in [6.45, 7) is 10.9. The van der Waals surface area contributed by atoms with Gasteiger partial charge in [0.25, 0.3) is 0 Å². The van der Waals surface area contributed by atoms with E-state index in [-0.39, 0.29) is 0 Å². The Kier molecular flexibility index (Phi) is 5.05. The molecule has 0 aliphatic carbocycles. The van der Waals surface area contributed by atoms with Gasteiger partial charge in [0.1, 0.15) is 11.5 Å². The van der Waals surface area contributed by atoms with Crippen molar-refractivity contribution in [2.75, 3.05) is 6.54 Å². The van der Waals surface area contributed by atoms with E-state index in [2.05, 4.69) is 47.1 Å². The van der Waals surface area contributed by atoms with E-state index in [9.17, 15) is 0 Å². The maximum Gasteiger partial charge on any atom is 0.125 e. The monoisotopic (exact) mass is 339 g/mol. The van der Waals surface area contributed by atoms with Crippen molar-refractivity contribution in [1.29, 1.82) is 0 Å². The Bertz CT molecular complexity index is 572. The second kappa shape index (κ2) is 6.59. The zero-order valence-corrected chi connectivity index (χ0v) is 14.1. The number of furan rings is 1. The van der Waals surface area contributed by atoms with Crippen LogP contribution in [0.1, 0.15) is 36.8 Å². The minimum absolute atomic E-state index is 0.650. The van der Waals surface area contributed by atoms with Gasteiger partial charge in [-0.15, -0.1) is 0 Å². The number of aryl methyl sites for hydroxylation is 1. The van der Waals surface area contributed by atoms with E-state index < -0.39 is 0 Å². The van der Waals surface area contributed by atoms with Crippen molar-refractivity contribution in [2.45, 2.75) is 40.8 Å². The van der Waals surface area contributed by atoms with Crippen LogP contribution in [0.15, 0.2) is 21.0 Å². The van der Waals surface area contributed by atoms with E-state index in [0.717, 1.165) is 40.5 Å². The predicted octanol–water partition coefficient (Wildman–Crippen LogP) is 3.65. The molecule has 2 heterocycles. The summed E-state index contributed by atoms with van der Waals surface area (Å²) in [5.74, 6) is 2.56. The fourth-order valence-electron chi connectivity index (χ4n) is 2.06. The molecule has 110 valence electrons. The Hall–Kier alpha value is -1.07. The molecule has 1 N–H and O–H groups in total. The van der Waals surface area contributed by atoms with Gasteiger partial charge in [0.05, 0.1) is 29.0 Å². The first kappa shape index (κ1) is 15.3. The fourth-order valence-corrected chi connectivity index (χ4v) is 2.35. The number of nitrogens with zero attached hydrogens (tertiary/aromatic N) is 2. The Labute approximate surface area is 128 Å². The Balaban J connectivity index is 1.97. The lowest BCUT2D eigenvalue weighted by Gasteiger charge is -2.05. The van der Waals surface area contributed by atoms with Crippen LogP contribution >= 0.6 is 15.9 Å².